The van der Waals surface area contributed by atoms with Crippen molar-refractivity contribution < 1.29 is 8.42 Å². The second kappa shape index (κ2) is 4.60. The van der Waals surface area contributed by atoms with Gasteiger partial charge in [-0.25, -0.2) is 13.4 Å². The molecule has 0 aliphatic rings. The van der Waals surface area contributed by atoms with E-state index >= 15 is 0 Å². The Kier molecular flexibility index (Phi) is 2.98. The van der Waals surface area contributed by atoms with Crippen LogP contribution in [-0.2, 0) is 9.84 Å². The first-order valence-corrected chi connectivity index (χ1v) is 8.30. The molecule has 0 atom stereocenters. The summed E-state index contributed by atoms with van der Waals surface area (Å²) in [6.45, 7) is 1.98. The monoisotopic (exact) mass is 301 g/mol. The van der Waals surface area contributed by atoms with Gasteiger partial charge in [0, 0.05) is 17.5 Å². The number of fused-ring (bicyclic) bond motifs is 1. The molecule has 0 unspecified atom stereocenters. The number of nitrogen functional groups attached to an aromatic ring is 1. The smallest absolute Gasteiger partial charge is 0.175 e. The van der Waals surface area contributed by atoms with Crippen LogP contribution in [0.15, 0.2) is 41.3 Å². The maximum absolute atomic E-state index is 11.6. The van der Waals surface area contributed by atoms with E-state index in [4.69, 9.17) is 5.73 Å². The van der Waals surface area contributed by atoms with Gasteiger partial charge in [-0.3, -0.25) is 0 Å². The molecule has 0 amide bonds. The minimum absolute atomic E-state index is 0.273. The number of anilines is 1. The van der Waals surface area contributed by atoms with Crippen molar-refractivity contribution in [3.8, 4) is 11.4 Å². The lowest BCUT2D eigenvalue weighted by Crippen LogP contribution is -1.96. The Bertz CT molecular complexity index is 943. The van der Waals surface area contributed by atoms with E-state index in [0.29, 0.717) is 17.0 Å². The van der Waals surface area contributed by atoms with Crippen molar-refractivity contribution in [2.45, 2.75) is 11.8 Å². The Balaban J connectivity index is 2.20. The predicted molar refractivity (Wildman–Crippen MR) is 83.8 cm³/mol. The number of nitrogens with two attached hydrogens (primary N) is 1. The number of imidazole rings is 1. The van der Waals surface area contributed by atoms with E-state index < -0.39 is 9.84 Å². The summed E-state index contributed by atoms with van der Waals surface area (Å²) in [5.74, 6) is 0.681. The third-order valence-electron chi connectivity index (χ3n) is 3.40. The average Bonchev–Trinajstić information content (AvgIpc) is 2.83. The first kappa shape index (κ1) is 13.6. The molecule has 0 spiro atoms. The van der Waals surface area contributed by atoms with Gasteiger partial charge in [-0.15, -0.1) is 0 Å². The molecule has 0 aliphatic carbocycles. The molecule has 3 rings (SSSR count). The molecule has 1 aromatic heterocycles. The van der Waals surface area contributed by atoms with Gasteiger partial charge in [0.2, 0.25) is 0 Å². The highest BCUT2D eigenvalue weighted by Gasteiger charge is 2.12. The zero-order valence-electron chi connectivity index (χ0n) is 11.7. The fraction of sp³-hybridized carbons (Fsp3) is 0.133. The number of hydrogen-bond donors (Lipinski definition) is 2. The highest BCUT2D eigenvalue weighted by molar-refractivity contribution is 7.90. The van der Waals surface area contributed by atoms with Crippen LogP contribution in [0.4, 0.5) is 5.69 Å². The standard InChI is InChI=1S/C15H15N3O2S/c1-9-3-4-10(16)7-12(9)15-17-13-6-5-11(21(2,19)20)8-14(13)18-15/h3-8H,16H2,1-2H3,(H,17,18). The van der Waals surface area contributed by atoms with E-state index in [0.717, 1.165) is 16.6 Å². The normalized spacial score (nSPS) is 11.9. The molecule has 2 aromatic carbocycles. The second-order valence-electron chi connectivity index (χ2n) is 5.11. The van der Waals surface area contributed by atoms with Crippen LogP contribution in [0.1, 0.15) is 5.56 Å². The summed E-state index contributed by atoms with van der Waals surface area (Å²) in [5.41, 5.74) is 9.85. The van der Waals surface area contributed by atoms with Gasteiger partial charge >= 0.3 is 0 Å². The van der Waals surface area contributed by atoms with E-state index in [2.05, 4.69) is 9.97 Å². The maximum Gasteiger partial charge on any atom is 0.175 e. The summed E-state index contributed by atoms with van der Waals surface area (Å²) in [7, 11) is -3.23. The first-order chi connectivity index (χ1) is 9.84. The van der Waals surface area contributed by atoms with E-state index in [1.54, 1.807) is 18.2 Å². The summed E-state index contributed by atoms with van der Waals surface area (Å²) in [4.78, 5) is 7.94. The van der Waals surface area contributed by atoms with Crippen LogP contribution in [0.3, 0.4) is 0 Å². The van der Waals surface area contributed by atoms with E-state index in [1.807, 2.05) is 25.1 Å². The van der Waals surface area contributed by atoms with Gasteiger partial charge < -0.3 is 10.7 Å². The van der Waals surface area contributed by atoms with Crippen LogP contribution >= 0.6 is 0 Å². The molecule has 0 aliphatic heterocycles. The number of rotatable bonds is 2. The molecule has 1 heterocycles. The zero-order valence-corrected chi connectivity index (χ0v) is 12.5. The Morgan fingerprint density at radius 2 is 1.90 bits per heavy atom. The summed E-state index contributed by atoms with van der Waals surface area (Å²) >= 11 is 0. The number of aromatic nitrogens is 2. The lowest BCUT2D eigenvalue weighted by atomic mass is 10.1. The van der Waals surface area contributed by atoms with Crippen LogP contribution in [0, 0.1) is 6.92 Å². The molecule has 21 heavy (non-hydrogen) atoms. The molecule has 3 N–H and O–H groups in total. The van der Waals surface area contributed by atoms with E-state index in [1.165, 1.54) is 6.26 Å². The maximum atomic E-state index is 11.6. The van der Waals surface area contributed by atoms with E-state index in [9.17, 15) is 8.42 Å². The summed E-state index contributed by atoms with van der Waals surface area (Å²) in [5, 5.41) is 0. The zero-order chi connectivity index (χ0) is 15.2. The van der Waals surface area contributed by atoms with Crippen LogP contribution in [0.5, 0.6) is 0 Å². The minimum atomic E-state index is -3.23. The topological polar surface area (TPSA) is 88.8 Å². The van der Waals surface area contributed by atoms with Gasteiger partial charge in [0.15, 0.2) is 9.84 Å². The van der Waals surface area contributed by atoms with Crippen molar-refractivity contribution >= 4 is 26.6 Å². The number of sulfone groups is 1. The highest BCUT2D eigenvalue weighted by Crippen LogP contribution is 2.26. The molecule has 0 fully saturated rings. The van der Waals surface area contributed by atoms with Gasteiger partial charge in [0.25, 0.3) is 0 Å². The van der Waals surface area contributed by atoms with Crippen molar-refractivity contribution in [1.82, 2.24) is 9.97 Å². The largest absolute Gasteiger partial charge is 0.399 e. The van der Waals surface area contributed by atoms with Crippen LogP contribution in [0.2, 0.25) is 0 Å². The second-order valence-corrected chi connectivity index (χ2v) is 7.13. The molecular weight excluding hydrogens is 286 g/mol. The summed E-state index contributed by atoms with van der Waals surface area (Å²) < 4.78 is 23.2. The van der Waals surface area contributed by atoms with Gasteiger partial charge in [0.05, 0.1) is 15.9 Å². The number of nitrogens with zero attached hydrogens (tertiary/aromatic N) is 1. The SMILES string of the molecule is Cc1ccc(N)cc1-c1nc2ccc(S(C)(=O)=O)cc2[nH]1. The number of hydrogen-bond acceptors (Lipinski definition) is 4. The average molecular weight is 301 g/mol. The third kappa shape index (κ3) is 2.50. The van der Waals surface area contributed by atoms with Gasteiger partial charge in [-0.1, -0.05) is 6.07 Å². The molecule has 5 nitrogen and oxygen atoms in total. The molecule has 3 aromatic rings. The predicted octanol–water partition coefficient (Wildman–Crippen LogP) is 2.52. The lowest BCUT2D eigenvalue weighted by Gasteiger charge is -2.03. The molecule has 0 bridgehead atoms. The summed E-state index contributed by atoms with van der Waals surface area (Å²) in [6.07, 6.45) is 1.19. The molecule has 0 radical (unpaired) electrons. The lowest BCUT2D eigenvalue weighted by molar-refractivity contribution is 0.602. The molecule has 0 saturated heterocycles. The third-order valence-corrected chi connectivity index (χ3v) is 4.51. The molecule has 6 heteroatoms. The molecular formula is C15H15N3O2S. The van der Waals surface area contributed by atoms with Crippen molar-refractivity contribution in [1.29, 1.82) is 0 Å². The molecule has 108 valence electrons. The number of H-pyrrole nitrogens is 1. The van der Waals surface area contributed by atoms with Gasteiger partial charge in [-0.2, -0.15) is 0 Å². The number of aryl methyl sites for hydroxylation is 1. The Morgan fingerprint density at radius 3 is 2.62 bits per heavy atom. The molecule has 0 saturated carbocycles. The quantitative estimate of drug-likeness (QED) is 0.712. The van der Waals surface area contributed by atoms with Crippen LogP contribution in [-0.4, -0.2) is 24.6 Å². The fourth-order valence-corrected chi connectivity index (χ4v) is 2.89. The Hall–Kier alpha value is -2.34. The van der Waals surface area contributed by atoms with Crippen molar-refractivity contribution in [3.63, 3.8) is 0 Å². The first-order valence-electron chi connectivity index (χ1n) is 6.41. The van der Waals surface area contributed by atoms with Gasteiger partial charge in [0.1, 0.15) is 5.82 Å². The van der Waals surface area contributed by atoms with Crippen molar-refractivity contribution in [2.75, 3.05) is 12.0 Å². The number of aromatic amines is 1. The highest BCUT2D eigenvalue weighted by atomic mass is 32.2. The van der Waals surface area contributed by atoms with E-state index in [-0.39, 0.29) is 4.90 Å². The van der Waals surface area contributed by atoms with Crippen molar-refractivity contribution in [3.05, 3.63) is 42.0 Å². The Labute approximate surface area is 122 Å². The minimum Gasteiger partial charge on any atom is -0.399 e. The summed E-state index contributed by atoms with van der Waals surface area (Å²) in [6, 6.07) is 10.5. The Morgan fingerprint density at radius 1 is 1.14 bits per heavy atom. The van der Waals surface area contributed by atoms with Crippen LogP contribution in [0.25, 0.3) is 22.4 Å². The fourth-order valence-electron chi connectivity index (χ4n) is 2.24. The van der Waals surface area contributed by atoms with Crippen molar-refractivity contribution in [2.24, 2.45) is 0 Å². The number of benzene rings is 2. The van der Waals surface area contributed by atoms with Gasteiger partial charge in [-0.05, 0) is 42.8 Å². The number of nitrogens with one attached hydrogen (secondary N) is 1. The van der Waals surface area contributed by atoms with Crippen LogP contribution < -0.4 is 5.73 Å².